The van der Waals surface area contributed by atoms with Gasteiger partial charge < -0.3 is 46.6 Å². The van der Waals surface area contributed by atoms with Crippen molar-refractivity contribution in [3.8, 4) is 33.4 Å². The van der Waals surface area contributed by atoms with Crippen LogP contribution in [-0.2, 0) is 14.4 Å². The molecule has 12 aromatic rings. The fraction of sp³-hybridized carbons (Fsp3) is 0.280. The summed E-state index contributed by atoms with van der Waals surface area (Å²) >= 11 is 20.2. The van der Waals surface area contributed by atoms with Crippen LogP contribution in [0, 0.1) is 38.2 Å². The Hall–Kier alpha value is -11.2. The minimum Gasteiger partial charge on any atom is -0.382 e. The molecule has 24 nitrogen and oxygen atoms in total. The topological polar surface area (TPSA) is 312 Å². The first-order valence-corrected chi connectivity index (χ1v) is 35.0. The molecule has 15 rings (SSSR count). The Labute approximate surface area is 616 Å². The molecule has 0 unspecified atom stereocenters. The molecule has 105 heavy (non-hydrogen) atoms. The number of carbonyl (C=O) groups excluding carboxylic acids is 3. The van der Waals surface area contributed by atoms with E-state index in [9.17, 15) is 14.4 Å². The summed E-state index contributed by atoms with van der Waals surface area (Å²) in [6, 6.07) is 15.9. The normalized spacial score (nSPS) is 18.4. The highest BCUT2D eigenvalue weighted by Gasteiger charge is 2.38. The van der Waals surface area contributed by atoms with Gasteiger partial charge in [0.05, 0.1) is 47.8 Å². The highest BCUT2D eigenvalue weighted by atomic mass is 35.5. The van der Waals surface area contributed by atoms with Crippen LogP contribution in [0.5, 0.6) is 0 Å². The van der Waals surface area contributed by atoms with Crippen LogP contribution in [0.4, 0.5) is 48.1 Å². The van der Waals surface area contributed by atoms with E-state index in [0.717, 1.165) is 16.7 Å². The standard InChI is InChI=1S/3C25H25ClFN7O/c3*1-5-18(35)33-9-14(4)34(10-13(33)3)25-15-8-16(26)20(22(27)23(15)29-11-30-25)19-12(2)6-7-17-21(19)24(28)32-31-17/h3*5-8,11,13-14H,1,9-10H2,2-4H3,(H3,28,31,32)/t3*13-,14+/m111/s1. The van der Waals surface area contributed by atoms with Crippen LogP contribution in [0.15, 0.2) is 112 Å². The van der Waals surface area contributed by atoms with Gasteiger partial charge in [-0.3, -0.25) is 29.7 Å². The Morgan fingerprint density at radius 3 is 0.924 bits per heavy atom. The minimum atomic E-state index is -0.548. The van der Waals surface area contributed by atoms with Crippen LogP contribution in [0.3, 0.4) is 0 Å². The van der Waals surface area contributed by atoms with Crippen molar-refractivity contribution in [2.75, 3.05) is 71.2 Å². The van der Waals surface area contributed by atoms with Crippen LogP contribution >= 0.6 is 34.8 Å². The first-order chi connectivity index (χ1) is 50.2. The molecule has 3 saturated heterocycles. The van der Waals surface area contributed by atoms with E-state index in [1.54, 1.807) is 32.9 Å². The Kier molecular flexibility index (Phi) is 19.6. The van der Waals surface area contributed by atoms with E-state index in [1.807, 2.05) is 98.7 Å². The number of amides is 3. The summed E-state index contributed by atoms with van der Waals surface area (Å²) in [5.74, 6) is 0.554. The maximum Gasteiger partial charge on any atom is 0.246 e. The number of carbonyl (C=O) groups is 3. The molecule has 540 valence electrons. The lowest BCUT2D eigenvalue weighted by Gasteiger charge is -2.44. The number of nitrogens with zero attached hydrogens (tertiary/aromatic N) is 15. The highest BCUT2D eigenvalue weighted by Crippen LogP contribution is 2.47. The molecule has 0 saturated carbocycles. The molecular weight excluding hydrogens is 1410 g/mol. The largest absolute Gasteiger partial charge is 0.382 e. The summed E-state index contributed by atoms with van der Waals surface area (Å²) in [5, 5.41) is 24.9. The van der Waals surface area contributed by atoms with Crippen LogP contribution in [-0.4, -0.2) is 168 Å². The molecule has 3 amide bonds. The molecule has 0 aliphatic carbocycles. The number of halogens is 6. The fourth-order valence-electron chi connectivity index (χ4n) is 15.0. The summed E-state index contributed by atoms with van der Waals surface area (Å²) < 4.78 is 48.5. The van der Waals surface area contributed by atoms with Gasteiger partial charge in [0.2, 0.25) is 17.7 Å². The summed E-state index contributed by atoms with van der Waals surface area (Å²) in [4.78, 5) is 74.6. The van der Waals surface area contributed by atoms with Crippen molar-refractivity contribution in [2.45, 2.75) is 98.6 Å². The van der Waals surface area contributed by atoms with Crippen molar-refractivity contribution in [3.05, 3.63) is 161 Å². The minimum absolute atomic E-state index is 0.0589. The summed E-state index contributed by atoms with van der Waals surface area (Å²) in [7, 11) is 0. The molecule has 0 radical (unpaired) electrons. The van der Waals surface area contributed by atoms with Crippen molar-refractivity contribution in [1.29, 1.82) is 0 Å². The predicted octanol–water partition coefficient (Wildman–Crippen LogP) is 13.4. The van der Waals surface area contributed by atoms with Gasteiger partial charge in [-0.05, 0) is 134 Å². The molecule has 6 atom stereocenters. The molecular formula is C75H75Cl3F3N21O3. The van der Waals surface area contributed by atoms with Gasteiger partial charge in [-0.15, -0.1) is 0 Å². The number of aromatic amines is 3. The molecule has 0 bridgehead atoms. The van der Waals surface area contributed by atoms with Gasteiger partial charge in [0, 0.05) is 125 Å². The number of hydrogen-bond donors (Lipinski definition) is 6. The number of nitrogens with two attached hydrogens (primary N) is 3. The zero-order valence-electron chi connectivity index (χ0n) is 58.9. The first kappa shape index (κ1) is 72.2. The third-order valence-corrected chi connectivity index (χ3v) is 21.1. The number of piperazine rings is 3. The number of fused-ring (bicyclic) bond motifs is 6. The van der Waals surface area contributed by atoms with E-state index in [1.165, 1.54) is 37.2 Å². The number of anilines is 6. The highest BCUT2D eigenvalue weighted by molar-refractivity contribution is 6.36. The summed E-state index contributed by atoms with van der Waals surface area (Å²) in [5.41, 5.74) is 25.8. The second-order valence-corrected chi connectivity index (χ2v) is 28.1. The predicted molar refractivity (Wildman–Crippen MR) is 411 cm³/mol. The lowest BCUT2D eigenvalue weighted by molar-refractivity contribution is -0.129. The van der Waals surface area contributed by atoms with Gasteiger partial charge in [-0.1, -0.05) is 72.7 Å². The molecule has 9 heterocycles. The second-order valence-electron chi connectivity index (χ2n) is 26.9. The van der Waals surface area contributed by atoms with Crippen LogP contribution in [0.25, 0.3) is 98.8 Å². The average Bonchev–Trinajstić information content (AvgIpc) is 1.66. The van der Waals surface area contributed by atoms with E-state index in [0.29, 0.717) is 122 Å². The molecule has 3 fully saturated rings. The summed E-state index contributed by atoms with van der Waals surface area (Å²) in [6.07, 6.45) is 8.05. The van der Waals surface area contributed by atoms with Gasteiger partial charge >= 0.3 is 0 Å². The Morgan fingerprint density at radius 1 is 0.419 bits per heavy atom. The third-order valence-electron chi connectivity index (χ3n) is 20.2. The van der Waals surface area contributed by atoms with Gasteiger partial charge in [0.15, 0.2) is 34.9 Å². The van der Waals surface area contributed by atoms with E-state index in [2.05, 4.69) is 94.9 Å². The maximum atomic E-state index is 16.2. The number of benzene rings is 6. The molecule has 3 aliphatic heterocycles. The van der Waals surface area contributed by atoms with Gasteiger partial charge in [-0.2, -0.15) is 15.3 Å². The van der Waals surface area contributed by atoms with Crippen molar-refractivity contribution >= 4 is 153 Å². The van der Waals surface area contributed by atoms with E-state index < -0.39 is 17.5 Å². The maximum absolute atomic E-state index is 16.2. The number of aromatic nitrogens is 12. The first-order valence-electron chi connectivity index (χ1n) is 33.9. The SMILES string of the molecule is C=CC(=O)N1C[C@H](C)N(c2ncnc3c(F)c(-c4c(C)ccc5[nH]nc(N)c45)c(Cl)cc23)C[C@H]1C.C=CC(=O)N1C[C@H](C)N(c2ncnc3c(F)c(-c4c(C)ccc5[nH]nc(N)c45)c(Cl)cc23)C[C@H]1C.C=CC(=O)N1C[C@H](C)N(c2ncnc3c(F)c(-c4c(C)ccc5[nH]nc(N)c45)c(Cl)cc23)C[C@H]1C. The Balaban J connectivity index is 0.000000140. The van der Waals surface area contributed by atoms with Crippen LogP contribution in [0.2, 0.25) is 15.1 Å². The van der Waals surface area contributed by atoms with E-state index in [-0.39, 0.29) is 120 Å². The lowest BCUT2D eigenvalue weighted by Crippen LogP contribution is -2.58. The Bertz CT molecular complexity index is 5040. The van der Waals surface area contributed by atoms with Gasteiger partial charge in [0.1, 0.15) is 53.0 Å². The monoisotopic (exact) mass is 1480 g/mol. The number of rotatable bonds is 9. The van der Waals surface area contributed by atoms with Crippen LogP contribution in [0.1, 0.15) is 58.2 Å². The zero-order chi connectivity index (χ0) is 75.0. The zero-order valence-corrected chi connectivity index (χ0v) is 61.2. The molecule has 3 aliphatic rings. The van der Waals surface area contributed by atoms with Gasteiger partial charge in [-0.25, -0.2) is 43.1 Å². The van der Waals surface area contributed by atoms with E-state index >= 15 is 13.2 Å². The van der Waals surface area contributed by atoms with Crippen LogP contribution < -0.4 is 31.9 Å². The number of aryl methyl sites for hydroxylation is 3. The van der Waals surface area contributed by atoms with Gasteiger partial charge in [0.25, 0.3) is 0 Å². The molecule has 6 aromatic heterocycles. The number of hydrogen-bond acceptors (Lipinski definition) is 18. The Morgan fingerprint density at radius 2 is 0.676 bits per heavy atom. The quantitative estimate of drug-likeness (QED) is 0.0731. The summed E-state index contributed by atoms with van der Waals surface area (Å²) in [6.45, 7) is 31.4. The molecule has 6 aromatic carbocycles. The number of nitrogens with one attached hydrogen (secondary N) is 3. The van der Waals surface area contributed by atoms with Crippen molar-refractivity contribution in [2.24, 2.45) is 0 Å². The number of H-pyrrole nitrogens is 3. The van der Waals surface area contributed by atoms with Crippen molar-refractivity contribution in [1.82, 2.24) is 75.2 Å². The van der Waals surface area contributed by atoms with Crippen molar-refractivity contribution in [3.63, 3.8) is 0 Å². The molecule has 0 spiro atoms. The lowest BCUT2D eigenvalue weighted by atomic mass is 9.94. The average molecular weight is 1480 g/mol. The number of nitrogen functional groups attached to an aromatic ring is 3. The molecule has 30 heteroatoms. The van der Waals surface area contributed by atoms with E-state index in [4.69, 9.17) is 52.0 Å². The second kappa shape index (κ2) is 28.5. The van der Waals surface area contributed by atoms with Crippen molar-refractivity contribution < 1.29 is 27.6 Å². The fourth-order valence-corrected chi connectivity index (χ4v) is 15.8. The molecule has 9 N–H and O–H groups in total. The third kappa shape index (κ3) is 12.6. The smallest absolute Gasteiger partial charge is 0.246 e.